The maximum absolute atomic E-state index is 13.6. The van der Waals surface area contributed by atoms with Crippen LogP contribution in [0, 0.1) is 46.8 Å². The van der Waals surface area contributed by atoms with Gasteiger partial charge < -0.3 is 14.9 Å². The third-order valence-electron chi connectivity index (χ3n) is 9.86. The van der Waals surface area contributed by atoms with Gasteiger partial charge in [-0.25, -0.2) is 0 Å². The van der Waals surface area contributed by atoms with E-state index < -0.39 is 30.2 Å². The Balaban J connectivity index is 1.48. The minimum atomic E-state index is -4.32. The normalized spacial score (nSPS) is 47.3. The highest BCUT2D eigenvalue weighted by Gasteiger charge is 2.61. The first-order valence-corrected chi connectivity index (χ1v) is 12.1. The summed E-state index contributed by atoms with van der Waals surface area (Å²) in [6.07, 6.45) is 3.79. The summed E-state index contributed by atoms with van der Waals surface area (Å²) < 4.78 is 46.4. The fourth-order valence-corrected chi connectivity index (χ4v) is 8.55. The van der Waals surface area contributed by atoms with Gasteiger partial charge in [0.25, 0.3) is 0 Å². The first-order valence-electron chi connectivity index (χ1n) is 12.1. The van der Waals surface area contributed by atoms with E-state index in [4.69, 9.17) is 4.74 Å². The topological polar surface area (TPSA) is 49.7 Å². The Bertz CT molecular complexity index is 611. The molecule has 2 N–H and O–H groups in total. The molecule has 0 bridgehead atoms. The van der Waals surface area contributed by atoms with Gasteiger partial charge in [-0.15, -0.1) is 0 Å². The third-order valence-corrected chi connectivity index (χ3v) is 9.86. The summed E-state index contributed by atoms with van der Waals surface area (Å²) in [4.78, 5) is 0. The van der Waals surface area contributed by atoms with Crippen molar-refractivity contribution in [3.63, 3.8) is 0 Å². The van der Waals surface area contributed by atoms with Crippen LogP contribution in [0.25, 0.3) is 0 Å². The molecule has 0 heterocycles. The standard InChI is InChI=1S/C24H39F3O3/c1-3-30-14-23(29)11-9-16-15(12-23)4-5-18-17(16)8-10-22(2)19(18)6-7-20(22)21(13-28)24(25,26)27/h15-21,28-29H,3-14H2,1-2H3/t15-,16+,17-,18-,19+,20-,21+,22+,23-/m1/s1. The van der Waals surface area contributed by atoms with Gasteiger partial charge in [-0.05, 0) is 106 Å². The van der Waals surface area contributed by atoms with E-state index >= 15 is 0 Å². The Morgan fingerprint density at radius 3 is 2.40 bits per heavy atom. The van der Waals surface area contributed by atoms with E-state index in [9.17, 15) is 23.4 Å². The minimum Gasteiger partial charge on any atom is -0.396 e. The Morgan fingerprint density at radius 1 is 1.00 bits per heavy atom. The highest BCUT2D eigenvalue weighted by atomic mass is 19.4. The summed E-state index contributed by atoms with van der Waals surface area (Å²) in [5.41, 5.74) is -1.01. The first-order chi connectivity index (χ1) is 14.1. The summed E-state index contributed by atoms with van der Waals surface area (Å²) in [5, 5.41) is 20.5. The average molecular weight is 433 g/mol. The Labute approximate surface area is 178 Å². The van der Waals surface area contributed by atoms with Gasteiger partial charge in [0.2, 0.25) is 0 Å². The molecule has 4 rings (SSSR count). The predicted octanol–water partition coefficient (Wildman–Crippen LogP) is 5.19. The molecule has 174 valence electrons. The molecule has 6 heteroatoms. The molecule has 4 aliphatic rings. The van der Waals surface area contributed by atoms with Crippen molar-refractivity contribution < 1.29 is 28.1 Å². The number of rotatable bonds is 5. The average Bonchev–Trinajstić information content (AvgIpc) is 3.02. The van der Waals surface area contributed by atoms with Crippen molar-refractivity contribution in [1.29, 1.82) is 0 Å². The van der Waals surface area contributed by atoms with Gasteiger partial charge >= 0.3 is 6.18 Å². The molecule has 0 aliphatic heterocycles. The number of aliphatic hydroxyl groups excluding tert-OH is 1. The fraction of sp³-hybridized carbons (Fsp3) is 1.00. The second kappa shape index (κ2) is 8.22. The molecule has 3 nitrogen and oxygen atoms in total. The predicted molar refractivity (Wildman–Crippen MR) is 109 cm³/mol. The smallest absolute Gasteiger partial charge is 0.394 e. The molecular formula is C24H39F3O3. The van der Waals surface area contributed by atoms with E-state index in [1.807, 2.05) is 6.92 Å². The summed E-state index contributed by atoms with van der Waals surface area (Å²) in [6.45, 7) is 4.30. The van der Waals surface area contributed by atoms with Crippen molar-refractivity contribution in [2.45, 2.75) is 83.4 Å². The number of alkyl halides is 3. The van der Waals surface area contributed by atoms with E-state index in [1.165, 1.54) is 0 Å². The van der Waals surface area contributed by atoms with E-state index in [0.717, 1.165) is 51.4 Å². The van der Waals surface area contributed by atoms with Gasteiger partial charge in [-0.3, -0.25) is 0 Å². The lowest BCUT2D eigenvalue weighted by molar-refractivity contribution is -0.214. The highest BCUT2D eigenvalue weighted by Crippen LogP contribution is 2.66. The molecule has 4 aliphatic carbocycles. The number of hydrogen-bond acceptors (Lipinski definition) is 3. The zero-order valence-electron chi connectivity index (χ0n) is 18.5. The quantitative estimate of drug-likeness (QED) is 0.628. The molecule has 9 atom stereocenters. The van der Waals surface area contributed by atoms with Crippen LogP contribution in [-0.4, -0.2) is 41.8 Å². The van der Waals surface area contributed by atoms with Crippen molar-refractivity contribution >= 4 is 0 Å². The molecule has 0 unspecified atom stereocenters. The van der Waals surface area contributed by atoms with Crippen LogP contribution in [0.5, 0.6) is 0 Å². The van der Waals surface area contributed by atoms with Crippen LogP contribution >= 0.6 is 0 Å². The molecule has 0 aromatic rings. The van der Waals surface area contributed by atoms with Gasteiger partial charge in [0.15, 0.2) is 0 Å². The lowest BCUT2D eigenvalue weighted by Crippen LogP contribution is -2.53. The molecule has 4 saturated carbocycles. The molecule has 0 radical (unpaired) electrons. The molecule has 0 saturated heterocycles. The Morgan fingerprint density at radius 2 is 1.73 bits per heavy atom. The van der Waals surface area contributed by atoms with Crippen LogP contribution in [0.1, 0.15) is 71.6 Å². The summed E-state index contributed by atoms with van der Waals surface area (Å²) >= 11 is 0. The van der Waals surface area contributed by atoms with Crippen molar-refractivity contribution in [3.05, 3.63) is 0 Å². The molecular weight excluding hydrogens is 393 g/mol. The van der Waals surface area contributed by atoms with Crippen LogP contribution < -0.4 is 0 Å². The van der Waals surface area contributed by atoms with E-state index in [1.54, 1.807) is 0 Å². The van der Waals surface area contributed by atoms with E-state index in [0.29, 0.717) is 49.2 Å². The lowest BCUT2D eigenvalue weighted by Gasteiger charge is -2.57. The van der Waals surface area contributed by atoms with Gasteiger partial charge in [-0.1, -0.05) is 6.92 Å². The van der Waals surface area contributed by atoms with E-state index in [2.05, 4.69) is 6.92 Å². The van der Waals surface area contributed by atoms with Gasteiger partial charge in [-0.2, -0.15) is 13.2 Å². The van der Waals surface area contributed by atoms with Crippen molar-refractivity contribution in [3.8, 4) is 0 Å². The lowest BCUT2D eigenvalue weighted by atomic mass is 9.48. The molecule has 0 aromatic carbocycles. The Hall–Kier alpha value is -0.330. The molecule has 0 amide bonds. The van der Waals surface area contributed by atoms with Crippen molar-refractivity contribution in [1.82, 2.24) is 0 Å². The number of halogens is 3. The van der Waals surface area contributed by atoms with Gasteiger partial charge in [0.05, 0.1) is 24.7 Å². The summed E-state index contributed by atoms with van der Waals surface area (Å²) in [5.74, 6) is 0.550. The third kappa shape index (κ3) is 3.83. The monoisotopic (exact) mass is 432 g/mol. The van der Waals surface area contributed by atoms with Crippen LogP contribution in [0.2, 0.25) is 0 Å². The van der Waals surface area contributed by atoms with Crippen molar-refractivity contribution in [2.75, 3.05) is 19.8 Å². The van der Waals surface area contributed by atoms with Crippen molar-refractivity contribution in [2.24, 2.45) is 46.8 Å². The van der Waals surface area contributed by atoms with Crippen LogP contribution in [0.3, 0.4) is 0 Å². The summed E-state index contributed by atoms with van der Waals surface area (Å²) in [7, 11) is 0. The molecule has 0 spiro atoms. The molecule has 4 fully saturated rings. The largest absolute Gasteiger partial charge is 0.396 e. The second-order valence-corrected chi connectivity index (χ2v) is 11.1. The maximum atomic E-state index is 13.6. The van der Waals surface area contributed by atoms with Gasteiger partial charge in [0, 0.05) is 6.61 Å². The number of hydrogen-bond donors (Lipinski definition) is 2. The SMILES string of the molecule is CCOC[C@@]1(O)CC[C@H]2[C@H](CC[C@@H]3[C@@H]2CC[C@]2(C)[C@@H]([C@H](CO)C(F)(F)F)CC[C@@H]32)C1. The maximum Gasteiger partial charge on any atom is 0.394 e. The molecule has 0 aromatic heterocycles. The van der Waals surface area contributed by atoms with Crippen LogP contribution in [0.4, 0.5) is 13.2 Å². The zero-order chi connectivity index (χ0) is 21.7. The second-order valence-electron chi connectivity index (χ2n) is 11.1. The van der Waals surface area contributed by atoms with Crippen LogP contribution in [-0.2, 0) is 4.74 Å². The number of ether oxygens (including phenoxy) is 1. The van der Waals surface area contributed by atoms with Crippen LogP contribution in [0.15, 0.2) is 0 Å². The minimum absolute atomic E-state index is 0.304. The first kappa shape index (κ1) is 22.8. The highest BCUT2D eigenvalue weighted by molar-refractivity contribution is 5.08. The van der Waals surface area contributed by atoms with E-state index in [-0.39, 0.29) is 5.41 Å². The fourth-order valence-electron chi connectivity index (χ4n) is 8.55. The summed E-state index contributed by atoms with van der Waals surface area (Å²) in [6, 6.07) is 0. The Kier molecular flexibility index (Phi) is 6.26. The van der Waals surface area contributed by atoms with Gasteiger partial charge in [0.1, 0.15) is 0 Å². The molecule has 30 heavy (non-hydrogen) atoms. The zero-order valence-corrected chi connectivity index (χ0v) is 18.5. The number of fused-ring (bicyclic) bond motifs is 5. The number of aliphatic hydroxyl groups is 2.